The van der Waals surface area contributed by atoms with Crippen LogP contribution in [0.3, 0.4) is 0 Å². The summed E-state index contributed by atoms with van der Waals surface area (Å²) in [5.41, 5.74) is 0.782. The highest BCUT2D eigenvalue weighted by molar-refractivity contribution is 5.79. The van der Waals surface area contributed by atoms with Crippen LogP contribution in [0.5, 0.6) is 0 Å². The first-order valence-corrected chi connectivity index (χ1v) is 4.82. The predicted octanol–water partition coefficient (Wildman–Crippen LogP) is 2.29. The maximum absolute atomic E-state index is 10.4. The minimum absolute atomic E-state index is 0.188. The lowest BCUT2D eigenvalue weighted by Gasteiger charge is -2.18. The molecule has 0 saturated carbocycles. The Morgan fingerprint density at radius 2 is 2.27 bits per heavy atom. The van der Waals surface area contributed by atoms with Gasteiger partial charge in [0.1, 0.15) is 0 Å². The van der Waals surface area contributed by atoms with Crippen molar-refractivity contribution >= 4 is 5.97 Å². The van der Waals surface area contributed by atoms with Crippen LogP contribution in [-0.4, -0.2) is 16.1 Å². The van der Waals surface area contributed by atoms with Gasteiger partial charge in [0.05, 0.1) is 0 Å². The number of hydrogen-bond donors (Lipinski definition) is 1. The Bertz CT molecular complexity index is 355. The second kappa shape index (κ2) is 4.73. The first kappa shape index (κ1) is 11.4. The van der Waals surface area contributed by atoms with Crippen molar-refractivity contribution in [2.75, 3.05) is 0 Å². The lowest BCUT2D eigenvalue weighted by atomic mass is 9.87. The zero-order valence-corrected chi connectivity index (χ0v) is 8.97. The van der Waals surface area contributed by atoms with Crippen LogP contribution >= 0.6 is 0 Å². The van der Waals surface area contributed by atoms with Gasteiger partial charge in [-0.2, -0.15) is 0 Å². The van der Waals surface area contributed by atoms with E-state index in [1.807, 2.05) is 32.0 Å². The van der Waals surface area contributed by atoms with Crippen LogP contribution in [0.2, 0.25) is 0 Å². The van der Waals surface area contributed by atoms with Crippen molar-refractivity contribution in [3.63, 3.8) is 0 Å². The number of allylic oxidation sites excluding steroid dienone is 1. The van der Waals surface area contributed by atoms with E-state index in [1.54, 1.807) is 12.3 Å². The zero-order valence-electron chi connectivity index (χ0n) is 8.97. The Labute approximate surface area is 89.5 Å². The van der Waals surface area contributed by atoms with Crippen molar-refractivity contribution in [1.82, 2.24) is 4.98 Å². The number of carbonyl (C=O) groups is 1. The Kier molecular flexibility index (Phi) is 3.61. The summed E-state index contributed by atoms with van der Waals surface area (Å²) < 4.78 is 0. The first-order chi connectivity index (χ1) is 6.99. The third kappa shape index (κ3) is 4.40. The Morgan fingerprint density at radius 1 is 1.53 bits per heavy atom. The van der Waals surface area contributed by atoms with E-state index < -0.39 is 5.97 Å². The van der Waals surface area contributed by atoms with Crippen molar-refractivity contribution in [3.05, 3.63) is 42.2 Å². The van der Waals surface area contributed by atoms with Crippen LogP contribution in [0, 0.1) is 5.41 Å². The molecule has 0 saturated heterocycles. The van der Waals surface area contributed by atoms with Crippen LogP contribution in [0.1, 0.15) is 19.5 Å². The molecule has 1 aromatic heterocycles. The summed E-state index contributed by atoms with van der Waals surface area (Å²) in [4.78, 5) is 14.6. The second-order valence-corrected chi connectivity index (χ2v) is 4.16. The number of nitrogens with zero attached hydrogens (tertiary/aromatic N) is 1. The van der Waals surface area contributed by atoms with E-state index in [1.165, 1.54) is 6.08 Å². The standard InChI is InChI=1S/C12H15NO2/c1-12(2,7-6-11(14)15)9-10-5-3-4-8-13-10/h3-8H,9H2,1-2H3,(H,14,15)/b7-6+. The zero-order chi connectivity index (χ0) is 11.3. The molecule has 15 heavy (non-hydrogen) atoms. The van der Waals surface area contributed by atoms with Crippen molar-refractivity contribution in [1.29, 1.82) is 0 Å². The van der Waals surface area contributed by atoms with Crippen LogP contribution in [0.25, 0.3) is 0 Å². The molecule has 3 heteroatoms. The fraction of sp³-hybridized carbons (Fsp3) is 0.333. The lowest BCUT2D eigenvalue weighted by molar-refractivity contribution is -0.131. The van der Waals surface area contributed by atoms with Crippen molar-refractivity contribution in [2.24, 2.45) is 5.41 Å². The summed E-state index contributed by atoms with van der Waals surface area (Å²) in [6, 6.07) is 5.74. The van der Waals surface area contributed by atoms with Crippen LogP contribution in [0.4, 0.5) is 0 Å². The highest BCUT2D eigenvalue weighted by Crippen LogP contribution is 2.22. The molecule has 1 heterocycles. The molecular formula is C12H15NO2. The molecule has 0 bridgehead atoms. The number of pyridine rings is 1. The van der Waals surface area contributed by atoms with Crippen LogP contribution in [0.15, 0.2) is 36.5 Å². The second-order valence-electron chi connectivity index (χ2n) is 4.16. The van der Waals surface area contributed by atoms with Crippen molar-refractivity contribution < 1.29 is 9.90 Å². The minimum Gasteiger partial charge on any atom is -0.478 e. The quantitative estimate of drug-likeness (QED) is 0.767. The van der Waals surface area contributed by atoms with E-state index >= 15 is 0 Å². The van der Waals surface area contributed by atoms with Gasteiger partial charge in [0.15, 0.2) is 0 Å². The van der Waals surface area contributed by atoms with Gasteiger partial charge in [-0.15, -0.1) is 0 Å². The van der Waals surface area contributed by atoms with Gasteiger partial charge in [-0.1, -0.05) is 26.0 Å². The van der Waals surface area contributed by atoms with E-state index in [0.717, 1.165) is 12.1 Å². The molecule has 0 aliphatic carbocycles. The SMILES string of the molecule is CC(C)(/C=C/C(=O)O)Cc1ccccn1. The van der Waals surface area contributed by atoms with Gasteiger partial charge >= 0.3 is 5.97 Å². The molecule has 0 unspecified atom stereocenters. The molecule has 0 spiro atoms. The fourth-order valence-electron chi connectivity index (χ4n) is 1.33. The van der Waals surface area contributed by atoms with E-state index in [2.05, 4.69) is 4.98 Å². The smallest absolute Gasteiger partial charge is 0.327 e. The van der Waals surface area contributed by atoms with E-state index in [4.69, 9.17) is 5.11 Å². The molecule has 0 radical (unpaired) electrons. The lowest BCUT2D eigenvalue weighted by Crippen LogP contribution is -2.13. The molecule has 80 valence electrons. The average molecular weight is 205 g/mol. The summed E-state index contributed by atoms with van der Waals surface area (Å²) in [7, 11) is 0. The molecule has 3 nitrogen and oxygen atoms in total. The number of hydrogen-bond acceptors (Lipinski definition) is 2. The summed E-state index contributed by atoms with van der Waals surface area (Å²) in [5, 5.41) is 8.54. The largest absolute Gasteiger partial charge is 0.478 e. The summed E-state index contributed by atoms with van der Waals surface area (Å²) in [5.74, 6) is -0.913. The highest BCUT2D eigenvalue weighted by Gasteiger charge is 2.15. The molecule has 0 aromatic carbocycles. The van der Waals surface area contributed by atoms with Crippen LogP contribution < -0.4 is 0 Å². The molecule has 1 rings (SSSR count). The normalized spacial score (nSPS) is 11.9. The van der Waals surface area contributed by atoms with Gasteiger partial charge < -0.3 is 5.11 Å². The molecule has 0 atom stereocenters. The summed E-state index contributed by atoms with van der Waals surface area (Å²) in [6.45, 7) is 3.97. The van der Waals surface area contributed by atoms with Gasteiger partial charge in [0.2, 0.25) is 0 Å². The summed E-state index contributed by atoms with van der Waals surface area (Å²) >= 11 is 0. The molecule has 0 amide bonds. The number of carboxylic acid groups (broad SMARTS) is 1. The number of aromatic nitrogens is 1. The van der Waals surface area contributed by atoms with Gasteiger partial charge in [-0.3, -0.25) is 4.98 Å². The fourth-order valence-corrected chi connectivity index (χ4v) is 1.33. The van der Waals surface area contributed by atoms with Gasteiger partial charge in [-0.05, 0) is 24.0 Å². The van der Waals surface area contributed by atoms with E-state index in [-0.39, 0.29) is 5.41 Å². The monoisotopic (exact) mass is 205 g/mol. The molecule has 0 aliphatic heterocycles. The number of aliphatic carboxylic acids is 1. The predicted molar refractivity (Wildman–Crippen MR) is 58.5 cm³/mol. The Balaban J connectivity index is 2.68. The first-order valence-electron chi connectivity index (χ1n) is 4.82. The Morgan fingerprint density at radius 3 is 2.80 bits per heavy atom. The van der Waals surface area contributed by atoms with Crippen molar-refractivity contribution in [3.8, 4) is 0 Å². The third-order valence-electron chi connectivity index (χ3n) is 2.04. The summed E-state index contributed by atoms with van der Waals surface area (Å²) in [6.07, 6.45) is 5.36. The average Bonchev–Trinajstić information content (AvgIpc) is 2.16. The minimum atomic E-state index is -0.913. The molecular weight excluding hydrogens is 190 g/mol. The topological polar surface area (TPSA) is 50.2 Å². The maximum atomic E-state index is 10.4. The van der Waals surface area contributed by atoms with Gasteiger partial charge in [-0.25, -0.2) is 4.79 Å². The van der Waals surface area contributed by atoms with E-state index in [0.29, 0.717) is 0 Å². The maximum Gasteiger partial charge on any atom is 0.327 e. The molecule has 1 aromatic rings. The number of rotatable bonds is 4. The van der Waals surface area contributed by atoms with Crippen molar-refractivity contribution in [2.45, 2.75) is 20.3 Å². The highest BCUT2D eigenvalue weighted by atomic mass is 16.4. The molecule has 1 N–H and O–H groups in total. The van der Waals surface area contributed by atoms with Crippen LogP contribution in [-0.2, 0) is 11.2 Å². The van der Waals surface area contributed by atoms with E-state index in [9.17, 15) is 4.79 Å². The molecule has 0 fully saturated rings. The van der Waals surface area contributed by atoms with Gasteiger partial charge in [0, 0.05) is 18.0 Å². The third-order valence-corrected chi connectivity index (χ3v) is 2.04. The number of carboxylic acids is 1. The molecule has 0 aliphatic rings. The van der Waals surface area contributed by atoms with Gasteiger partial charge in [0.25, 0.3) is 0 Å². The Hall–Kier alpha value is -1.64.